The fraction of sp³-hybridized carbons (Fsp3) is 0.462. The van der Waals surface area contributed by atoms with Crippen LogP contribution in [-0.2, 0) is 4.79 Å². The van der Waals surface area contributed by atoms with Crippen molar-refractivity contribution in [3.63, 3.8) is 0 Å². The Kier molecular flexibility index (Phi) is 5.57. The maximum atomic E-state index is 13.0. The fourth-order valence-electron chi connectivity index (χ4n) is 1.68. The van der Waals surface area contributed by atoms with Gasteiger partial charge < -0.3 is 10.6 Å². The quantitative estimate of drug-likeness (QED) is 0.625. The number of carbonyl (C=O) groups excluding carboxylic acids is 1. The van der Waals surface area contributed by atoms with E-state index in [0.717, 1.165) is 12.1 Å². The predicted molar refractivity (Wildman–Crippen MR) is 74.4 cm³/mol. The summed E-state index contributed by atoms with van der Waals surface area (Å²) in [5.74, 6) is -0.344. The number of alkyl halides is 2. The molecule has 0 aliphatic rings. The number of anilines is 1. The first-order chi connectivity index (χ1) is 9.72. The van der Waals surface area contributed by atoms with Crippen LogP contribution in [0.15, 0.2) is 18.2 Å². The lowest BCUT2D eigenvalue weighted by Gasteiger charge is -2.19. The monoisotopic (exact) mass is 301 g/mol. The van der Waals surface area contributed by atoms with E-state index < -0.39 is 28.6 Å². The van der Waals surface area contributed by atoms with Gasteiger partial charge in [0, 0.05) is 29.4 Å². The van der Waals surface area contributed by atoms with Crippen LogP contribution >= 0.6 is 0 Å². The summed E-state index contributed by atoms with van der Waals surface area (Å²) in [5.41, 5.74) is -0.925. The molecule has 0 bridgehead atoms. The Morgan fingerprint density at radius 3 is 2.38 bits per heavy atom. The van der Waals surface area contributed by atoms with Gasteiger partial charge in [0.15, 0.2) is 0 Å². The molecule has 1 aromatic rings. The molecule has 0 saturated carbocycles. The molecule has 1 atom stereocenters. The molecule has 116 valence electrons. The van der Waals surface area contributed by atoms with E-state index in [2.05, 4.69) is 10.6 Å². The number of nitro groups is 1. The highest BCUT2D eigenvalue weighted by molar-refractivity contribution is 5.84. The van der Waals surface area contributed by atoms with Gasteiger partial charge >= 0.3 is 0 Å². The van der Waals surface area contributed by atoms with Crippen molar-refractivity contribution in [1.82, 2.24) is 5.32 Å². The maximum Gasteiger partial charge on any atom is 0.270 e. The summed E-state index contributed by atoms with van der Waals surface area (Å²) in [6.45, 7) is 5.08. The second-order valence-corrected chi connectivity index (χ2v) is 4.86. The number of carbonyl (C=O) groups is 1. The van der Waals surface area contributed by atoms with Crippen molar-refractivity contribution in [3.05, 3.63) is 33.9 Å². The lowest BCUT2D eigenvalue weighted by Crippen LogP contribution is -2.41. The van der Waals surface area contributed by atoms with Crippen LogP contribution in [0, 0.1) is 10.1 Å². The molecule has 0 aliphatic heterocycles. The molecular formula is C13H17F2N3O3. The molecule has 1 amide bonds. The summed E-state index contributed by atoms with van der Waals surface area (Å²) >= 11 is 0. The first kappa shape index (κ1) is 16.8. The zero-order valence-electron chi connectivity index (χ0n) is 11.9. The van der Waals surface area contributed by atoms with Gasteiger partial charge in [-0.15, -0.1) is 0 Å². The highest BCUT2D eigenvalue weighted by Crippen LogP contribution is 2.31. The summed E-state index contributed by atoms with van der Waals surface area (Å²) in [5, 5.41) is 15.9. The molecule has 0 aromatic heterocycles. The van der Waals surface area contributed by atoms with Crippen molar-refractivity contribution in [2.45, 2.75) is 39.3 Å². The number of amides is 1. The van der Waals surface area contributed by atoms with E-state index in [1.807, 2.05) is 0 Å². The summed E-state index contributed by atoms with van der Waals surface area (Å²) < 4.78 is 25.9. The Balaban J connectivity index is 2.97. The SMILES string of the molecule is CC(C)NC(=O)C(C)Nc1ccc([N+](=O)[O-])cc1C(F)F. The van der Waals surface area contributed by atoms with Gasteiger partial charge in [0.25, 0.3) is 12.1 Å². The Hall–Kier alpha value is -2.25. The topological polar surface area (TPSA) is 84.3 Å². The van der Waals surface area contributed by atoms with Gasteiger partial charge in [-0.1, -0.05) is 0 Å². The van der Waals surface area contributed by atoms with Crippen LogP contribution in [0.1, 0.15) is 32.8 Å². The molecule has 0 aliphatic carbocycles. The summed E-state index contributed by atoms with van der Waals surface area (Å²) in [4.78, 5) is 21.6. The second kappa shape index (κ2) is 6.96. The van der Waals surface area contributed by atoms with E-state index in [1.54, 1.807) is 13.8 Å². The summed E-state index contributed by atoms with van der Waals surface area (Å²) in [6, 6.07) is 2.28. The first-order valence-electron chi connectivity index (χ1n) is 6.35. The standard InChI is InChI=1S/C13H17F2N3O3/c1-7(2)16-13(19)8(3)17-11-5-4-9(18(20)21)6-10(11)12(14)15/h4-8,12,17H,1-3H3,(H,16,19). The van der Waals surface area contributed by atoms with Crippen molar-refractivity contribution in [3.8, 4) is 0 Å². The predicted octanol–water partition coefficient (Wildman–Crippen LogP) is 2.86. The van der Waals surface area contributed by atoms with Crippen LogP contribution in [-0.4, -0.2) is 22.9 Å². The van der Waals surface area contributed by atoms with Crippen molar-refractivity contribution < 1.29 is 18.5 Å². The molecule has 1 rings (SSSR count). The minimum atomic E-state index is -2.88. The normalized spacial score (nSPS) is 12.3. The molecule has 0 saturated heterocycles. The van der Waals surface area contributed by atoms with E-state index >= 15 is 0 Å². The third kappa shape index (κ3) is 4.66. The van der Waals surface area contributed by atoms with Gasteiger partial charge in [-0.25, -0.2) is 8.78 Å². The lowest BCUT2D eigenvalue weighted by atomic mass is 10.1. The summed E-state index contributed by atoms with van der Waals surface area (Å²) in [6.07, 6.45) is -2.88. The molecule has 1 unspecified atom stereocenters. The number of hydrogen-bond donors (Lipinski definition) is 2. The number of hydrogen-bond acceptors (Lipinski definition) is 4. The third-order valence-corrected chi connectivity index (χ3v) is 2.68. The summed E-state index contributed by atoms with van der Waals surface area (Å²) in [7, 11) is 0. The van der Waals surface area contributed by atoms with Crippen LogP contribution in [0.2, 0.25) is 0 Å². The van der Waals surface area contributed by atoms with Gasteiger partial charge in [-0.05, 0) is 26.8 Å². The van der Waals surface area contributed by atoms with E-state index in [-0.39, 0.29) is 17.6 Å². The van der Waals surface area contributed by atoms with Gasteiger partial charge in [-0.3, -0.25) is 14.9 Å². The Morgan fingerprint density at radius 1 is 1.29 bits per heavy atom. The number of non-ortho nitro benzene ring substituents is 1. The number of benzene rings is 1. The molecule has 0 spiro atoms. The highest BCUT2D eigenvalue weighted by Gasteiger charge is 2.21. The third-order valence-electron chi connectivity index (χ3n) is 2.68. The van der Waals surface area contributed by atoms with E-state index in [9.17, 15) is 23.7 Å². The smallest absolute Gasteiger partial charge is 0.270 e. The van der Waals surface area contributed by atoms with E-state index in [0.29, 0.717) is 0 Å². The maximum absolute atomic E-state index is 13.0. The largest absolute Gasteiger partial charge is 0.374 e. The molecule has 1 aromatic carbocycles. The van der Waals surface area contributed by atoms with Crippen LogP contribution in [0.3, 0.4) is 0 Å². The van der Waals surface area contributed by atoms with Gasteiger partial charge in [0.2, 0.25) is 5.91 Å². The van der Waals surface area contributed by atoms with Crippen LogP contribution < -0.4 is 10.6 Å². The molecule has 0 radical (unpaired) electrons. The molecule has 0 fully saturated rings. The van der Waals surface area contributed by atoms with Gasteiger partial charge in [0.05, 0.1) is 4.92 Å². The van der Waals surface area contributed by atoms with Crippen molar-refractivity contribution in [1.29, 1.82) is 0 Å². The minimum absolute atomic E-state index is 0.00186. The first-order valence-corrected chi connectivity index (χ1v) is 6.35. The van der Waals surface area contributed by atoms with Crippen molar-refractivity contribution in [2.75, 3.05) is 5.32 Å². The molecule has 8 heteroatoms. The Labute approximate surface area is 120 Å². The zero-order valence-corrected chi connectivity index (χ0v) is 11.9. The highest BCUT2D eigenvalue weighted by atomic mass is 19.3. The van der Waals surface area contributed by atoms with E-state index in [4.69, 9.17) is 0 Å². The Morgan fingerprint density at radius 2 is 1.90 bits per heavy atom. The van der Waals surface area contributed by atoms with Gasteiger partial charge in [-0.2, -0.15) is 0 Å². The number of nitrogens with zero attached hydrogens (tertiary/aromatic N) is 1. The molecule has 2 N–H and O–H groups in total. The minimum Gasteiger partial charge on any atom is -0.374 e. The number of halogens is 2. The molecular weight excluding hydrogens is 284 g/mol. The van der Waals surface area contributed by atoms with Gasteiger partial charge in [0.1, 0.15) is 6.04 Å². The fourth-order valence-corrected chi connectivity index (χ4v) is 1.68. The molecule has 0 heterocycles. The van der Waals surface area contributed by atoms with Crippen LogP contribution in [0.4, 0.5) is 20.2 Å². The average Bonchev–Trinajstić information content (AvgIpc) is 2.37. The van der Waals surface area contributed by atoms with Crippen molar-refractivity contribution >= 4 is 17.3 Å². The van der Waals surface area contributed by atoms with E-state index in [1.165, 1.54) is 13.0 Å². The zero-order chi connectivity index (χ0) is 16.2. The second-order valence-electron chi connectivity index (χ2n) is 4.86. The van der Waals surface area contributed by atoms with Crippen LogP contribution in [0.25, 0.3) is 0 Å². The lowest BCUT2D eigenvalue weighted by molar-refractivity contribution is -0.385. The number of nitrogens with one attached hydrogen (secondary N) is 2. The molecule has 6 nitrogen and oxygen atoms in total. The molecule has 21 heavy (non-hydrogen) atoms. The van der Waals surface area contributed by atoms with Crippen LogP contribution in [0.5, 0.6) is 0 Å². The number of rotatable bonds is 6. The van der Waals surface area contributed by atoms with Crippen molar-refractivity contribution in [2.24, 2.45) is 0 Å². The average molecular weight is 301 g/mol. The Bertz CT molecular complexity index is 535. The number of nitro benzene ring substituents is 1.